The van der Waals surface area contributed by atoms with Gasteiger partial charge in [-0.25, -0.2) is 14.2 Å². The Kier molecular flexibility index (Phi) is 5.16. The highest BCUT2D eigenvalue weighted by Gasteiger charge is 2.16. The Bertz CT molecular complexity index is 998. The van der Waals surface area contributed by atoms with E-state index in [0.29, 0.717) is 12.2 Å². The summed E-state index contributed by atoms with van der Waals surface area (Å²) in [6.07, 6.45) is 1.40. The molecule has 0 aliphatic heterocycles. The van der Waals surface area contributed by atoms with Crippen LogP contribution in [0.5, 0.6) is 0 Å². The van der Waals surface area contributed by atoms with Gasteiger partial charge < -0.3 is 9.64 Å². The molecule has 2 heterocycles. The van der Waals surface area contributed by atoms with Crippen LogP contribution >= 0.6 is 0 Å². The van der Waals surface area contributed by atoms with Crippen LogP contribution in [0.2, 0.25) is 0 Å². The van der Waals surface area contributed by atoms with E-state index in [9.17, 15) is 14.0 Å². The summed E-state index contributed by atoms with van der Waals surface area (Å²) in [5.74, 6) is -1.33. The normalized spacial score (nSPS) is 10.8. The van der Waals surface area contributed by atoms with Crippen molar-refractivity contribution in [2.24, 2.45) is 7.05 Å². The van der Waals surface area contributed by atoms with Gasteiger partial charge in [-0.2, -0.15) is 5.10 Å². The molecule has 8 heteroatoms. The molecule has 1 aromatic carbocycles. The molecular formula is C19H19FN4O3. The summed E-state index contributed by atoms with van der Waals surface area (Å²) >= 11 is 0. The predicted molar refractivity (Wildman–Crippen MR) is 96.4 cm³/mol. The average Bonchev–Trinajstić information content (AvgIpc) is 2.94. The van der Waals surface area contributed by atoms with Gasteiger partial charge in [-0.05, 0) is 30.7 Å². The van der Waals surface area contributed by atoms with E-state index in [2.05, 4.69) is 10.1 Å². The third-order valence-corrected chi connectivity index (χ3v) is 4.18. The van der Waals surface area contributed by atoms with Crippen molar-refractivity contribution in [2.45, 2.75) is 13.5 Å². The number of nitrogens with zero attached hydrogens (tertiary/aromatic N) is 4. The molecule has 0 radical (unpaired) electrons. The van der Waals surface area contributed by atoms with Crippen LogP contribution in [-0.4, -0.2) is 45.2 Å². The second kappa shape index (κ2) is 7.53. The number of aryl methyl sites for hydroxylation is 2. The van der Waals surface area contributed by atoms with E-state index in [4.69, 9.17) is 4.74 Å². The van der Waals surface area contributed by atoms with E-state index >= 15 is 0 Å². The molecule has 0 spiro atoms. The Labute approximate surface area is 155 Å². The van der Waals surface area contributed by atoms with Crippen molar-refractivity contribution in [1.29, 1.82) is 0 Å². The first kappa shape index (κ1) is 18.5. The molecule has 3 rings (SSSR count). The zero-order valence-corrected chi connectivity index (χ0v) is 15.3. The summed E-state index contributed by atoms with van der Waals surface area (Å²) in [6, 6.07) is 7.51. The Morgan fingerprint density at radius 3 is 2.67 bits per heavy atom. The molecule has 0 saturated carbocycles. The highest BCUT2D eigenvalue weighted by atomic mass is 19.1. The van der Waals surface area contributed by atoms with E-state index in [0.717, 1.165) is 16.6 Å². The van der Waals surface area contributed by atoms with Crippen LogP contribution in [0.4, 0.5) is 4.39 Å². The number of ether oxygens (including phenoxy) is 1. The molecule has 0 saturated heterocycles. The summed E-state index contributed by atoms with van der Waals surface area (Å²) in [7, 11) is 3.36. The smallest absolute Gasteiger partial charge is 0.340 e. The molecule has 0 aliphatic rings. The quantitative estimate of drug-likeness (QED) is 0.644. The van der Waals surface area contributed by atoms with E-state index in [-0.39, 0.29) is 23.9 Å². The van der Waals surface area contributed by atoms with Gasteiger partial charge in [-0.1, -0.05) is 12.1 Å². The standard InChI is InChI=1S/C19H19FN4O3/c1-12-16-8-14(9-21-18(16)24(3)22-12)19(26)27-11-17(25)23(2)10-13-4-6-15(20)7-5-13/h4-9H,10-11H2,1-3H3. The third kappa shape index (κ3) is 4.11. The largest absolute Gasteiger partial charge is 0.452 e. The van der Waals surface area contributed by atoms with Crippen LogP contribution in [0.25, 0.3) is 11.0 Å². The Balaban J connectivity index is 1.60. The number of hydrogen-bond donors (Lipinski definition) is 0. The molecule has 1 amide bonds. The van der Waals surface area contributed by atoms with Crippen molar-refractivity contribution in [3.63, 3.8) is 0 Å². The van der Waals surface area contributed by atoms with Gasteiger partial charge in [0, 0.05) is 32.2 Å². The number of likely N-dealkylation sites (N-methyl/N-ethyl adjacent to an activating group) is 1. The van der Waals surface area contributed by atoms with Crippen LogP contribution in [-0.2, 0) is 23.1 Å². The zero-order valence-electron chi connectivity index (χ0n) is 15.3. The number of benzene rings is 1. The number of carbonyl (C=O) groups excluding carboxylic acids is 2. The summed E-state index contributed by atoms with van der Waals surface area (Å²) in [6.45, 7) is 1.73. The fourth-order valence-corrected chi connectivity index (χ4v) is 2.69. The molecule has 140 valence electrons. The van der Waals surface area contributed by atoms with Crippen molar-refractivity contribution in [1.82, 2.24) is 19.7 Å². The number of fused-ring (bicyclic) bond motifs is 1. The first-order chi connectivity index (χ1) is 12.8. The Hall–Kier alpha value is -3.29. The number of carbonyl (C=O) groups is 2. The Morgan fingerprint density at radius 2 is 1.96 bits per heavy atom. The van der Waals surface area contributed by atoms with E-state index in [1.165, 1.54) is 23.2 Å². The van der Waals surface area contributed by atoms with E-state index in [1.54, 1.807) is 37.0 Å². The van der Waals surface area contributed by atoms with Gasteiger partial charge in [-0.3, -0.25) is 9.48 Å². The van der Waals surface area contributed by atoms with Gasteiger partial charge in [0.05, 0.1) is 11.3 Å². The summed E-state index contributed by atoms with van der Waals surface area (Å²) < 4.78 is 19.7. The van der Waals surface area contributed by atoms with Gasteiger partial charge >= 0.3 is 5.97 Å². The number of pyridine rings is 1. The average molecular weight is 370 g/mol. The van der Waals surface area contributed by atoms with Crippen molar-refractivity contribution >= 4 is 22.9 Å². The summed E-state index contributed by atoms with van der Waals surface area (Å²) in [5, 5.41) is 5.01. The van der Waals surface area contributed by atoms with Gasteiger partial charge in [0.15, 0.2) is 12.3 Å². The number of hydrogen-bond acceptors (Lipinski definition) is 5. The predicted octanol–water partition coefficient (Wildman–Crippen LogP) is 2.23. The summed E-state index contributed by atoms with van der Waals surface area (Å²) in [5.41, 5.74) is 2.46. The first-order valence-corrected chi connectivity index (χ1v) is 8.30. The second-order valence-electron chi connectivity index (χ2n) is 6.26. The number of rotatable bonds is 5. The highest BCUT2D eigenvalue weighted by Crippen LogP contribution is 2.17. The van der Waals surface area contributed by atoms with Gasteiger partial charge in [0.2, 0.25) is 0 Å². The van der Waals surface area contributed by atoms with Crippen LogP contribution < -0.4 is 0 Å². The van der Waals surface area contributed by atoms with Crippen molar-refractivity contribution < 1.29 is 18.7 Å². The molecule has 3 aromatic rings. The lowest BCUT2D eigenvalue weighted by Gasteiger charge is -2.17. The zero-order chi connectivity index (χ0) is 19.6. The van der Waals surface area contributed by atoms with Gasteiger partial charge in [0.1, 0.15) is 5.82 Å². The fourth-order valence-electron chi connectivity index (χ4n) is 2.69. The Morgan fingerprint density at radius 1 is 1.26 bits per heavy atom. The molecule has 0 unspecified atom stereocenters. The van der Waals surface area contributed by atoms with E-state index in [1.807, 2.05) is 6.92 Å². The van der Waals surface area contributed by atoms with Gasteiger partial charge in [0.25, 0.3) is 5.91 Å². The maximum Gasteiger partial charge on any atom is 0.340 e. The lowest BCUT2D eigenvalue weighted by atomic mass is 10.2. The maximum absolute atomic E-state index is 12.9. The fraction of sp³-hybridized carbons (Fsp3) is 0.263. The SMILES string of the molecule is Cc1nn(C)c2ncc(C(=O)OCC(=O)N(C)Cc3ccc(F)cc3)cc12. The number of halogens is 1. The lowest BCUT2D eigenvalue weighted by Crippen LogP contribution is -2.30. The minimum atomic E-state index is -0.629. The van der Waals surface area contributed by atoms with E-state index < -0.39 is 5.97 Å². The highest BCUT2D eigenvalue weighted by molar-refractivity contribution is 5.94. The molecule has 0 aliphatic carbocycles. The molecular weight excluding hydrogens is 351 g/mol. The van der Waals surface area contributed by atoms with Crippen LogP contribution in [0, 0.1) is 12.7 Å². The second-order valence-corrected chi connectivity index (χ2v) is 6.26. The van der Waals surface area contributed by atoms with Gasteiger partial charge in [-0.15, -0.1) is 0 Å². The third-order valence-electron chi connectivity index (χ3n) is 4.18. The number of amides is 1. The molecule has 0 atom stereocenters. The summed E-state index contributed by atoms with van der Waals surface area (Å²) in [4.78, 5) is 30.0. The van der Waals surface area contributed by atoms with Crippen LogP contribution in [0.1, 0.15) is 21.6 Å². The van der Waals surface area contributed by atoms with Crippen molar-refractivity contribution in [3.8, 4) is 0 Å². The van der Waals surface area contributed by atoms with Crippen LogP contribution in [0.15, 0.2) is 36.5 Å². The maximum atomic E-state index is 12.9. The first-order valence-electron chi connectivity index (χ1n) is 8.30. The topological polar surface area (TPSA) is 77.3 Å². The van der Waals surface area contributed by atoms with Crippen LogP contribution in [0.3, 0.4) is 0 Å². The monoisotopic (exact) mass is 370 g/mol. The molecule has 7 nitrogen and oxygen atoms in total. The van der Waals surface area contributed by atoms with Crippen molar-refractivity contribution in [2.75, 3.05) is 13.7 Å². The minimum Gasteiger partial charge on any atom is -0.452 e. The lowest BCUT2D eigenvalue weighted by molar-refractivity contribution is -0.133. The van der Waals surface area contributed by atoms with Crippen molar-refractivity contribution in [3.05, 3.63) is 59.2 Å². The molecule has 2 aromatic heterocycles. The molecule has 0 bridgehead atoms. The number of aromatic nitrogens is 3. The molecule has 27 heavy (non-hydrogen) atoms. The number of esters is 1. The minimum absolute atomic E-state index is 0.257. The molecule has 0 fully saturated rings. The molecule has 0 N–H and O–H groups in total.